The van der Waals surface area contributed by atoms with Gasteiger partial charge in [0.15, 0.2) is 0 Å². The number of nitrogen functional groups attached to an aromatic ring is 1. The molecule has 4 aromatic rings. The molecule has 7 nitrogen and oxygen atoms in total. The smallest absolute Gasteiger partial charge is 0.256 e. The molecule has 2 N–H and O–H groups in total. The predicted octanol–water partition coefficient (Wildman–Crippen LogP) is 4.50. The number of thiophene rings is 1. The Labute approximate surface area is 214 Å². The van der Waals surface area contributed by atoms with Gasteiger partial charge >= 0.3 is 0 Å². The van der Waals surface area contributed by atoms with Crippen molar-refractivity contribution in [2.24, 2.45) is 0 Å². The van der Waals surface area contributed by atoms with Gasteiger partial charge in [-0.1, -0.05) is 12.6 Å². The lowest BCUT2D eigenvalue weighted by atomic mass is 9.93. The molecule has 0 spiro atoms. The fraction of sp³-hybridized carbons (Fsp3) is 0.222. The molecule has 1 fully saturated rings. The van der Waals surface area contributed by atoms with Gasteiger partial charge in [0.1, 0.15) is 22.7 Å². The first-order valence-electron chi connectivity index (χ1n) is 11.8. The number of nitriles is 1. The molecule has 6 rings (SSSR count). The molecule has 4 heterocycles. The molecule has 0 aliphatic carbocycles. The number of amides is 2. The second kappa shape index (κ2) is 8.42. The van der Waals surface area contributed by atoms with Gasteiger partial charge in [-0.3, -0.25) is 9.59 Å². The lowest BCUT2D eigenvalue weighted by Crippen LogP contribution is -2.57. The Bertz CT molecular complexity index is 1700. The summed E-state index contributed by atoms with van der Waals surface area (Å²) in [5.41, 5.74) is 7.48. The molecule has 37 heavy (non-hydrogen) atoms. The molecule has 0 unspecified atom stereocenters. The van der Waals surface area contributed by atoms with E-state index in [9.17, 15) is 19.2 Å². The molecule has 2 amide bonds. The number of nitrogens with zero attached hydrogens (tertiary/aromatic N) is 4. The summed E-state index contributed by atoms with van der Waals surface area (Å²) in [6, 6.07) is 7.51. The van der Waals surface area contributed by atoms with E-state index >= 15 is 4.39 Å². The summed E-state index contributed by atoms with van der Waals surface area (Å²) in [7, 11) is 0. The Morgan fingerprint density at radius 2 is 2.00 bits per heavy atom. The number of carbonyl (C=O) groups excluding carboxylic acids is 2. The second-order valence-corrected chi connectivity index (χ2v) is 10.3. The summed E-state index contributed by atoms with van der Waals surface area (Å²) < 4.78 is 32.7. The van der Waals surface area contributed by atoms with Crippen LogP contribution < -0.4 is 5.73 Å². The van der Waals surface area contributed by atoms with Gasteiger partial charge in [-0.2, -0.15) is 5.26 Å². The zero-order valence-corrected chi connectivity index (χ0v) is 20.4. The van der Waals surface area contributed by atoms with Crippen molar-refractivity contribution in [3.05, 3.63) is 65.9 Å². The highest BCUT2D eigenvalue weighted by atomic mass is 32.1. The maximum Gasteiger partial charge on any atom is 0.256 e. The normalized spacial score (nSPS) is 17.4. The van der Waals surface area contributed by atoms with Crippen LogP contribution in [0.15, 0.2) is 43.1 Å². The van der Waals surface area contributed by atoms with Crippen molar-refractivity contribution in [3.63, 3.8) is 0 Å². The molecule has 186 valence electrons. The first-order valence-corrected chi connectivity index (χ1v) is 12.6. The number of anilines is 1. The van der Waals surface area contributed by atoms with Crippen LogP contribution in [0.4, 0.5) is 13.8 Å². The minimum absolute atomic E-state index is 0.109. The molecular weight excluding hydrogens is 496 g/mol. The van der Waals surface area contributed by atoms with Crippen LogP contribution in [0.3, 0.4) is 0 Å². The number of piperazine rings is 1. The highest BCUT2D eigenvalue weighted by molar-refractivity contribution is 7.23. The van der Waals surface area contributed by atoms with Crippen molar-refractivity contribution < 1.29 is 18.4 Å². The van der Waals surface area contributed by atoms with Crippen LogP contribution in [-0.2, 0) is 11.3 Å². The van der Waals surface area contributed by atoms with Crippen LogP contribution >= 0.6 is 11.3 Å². The van der Waals surface area contributed by atoms with Gasteiger partial charge in [0.2, 0.25) is 5.91 Å². The SMILES string of the molecule is C=CC(=O)N1CCN2C(=O)c3cc(F)c(-c4ccc(F)c5sc(N)c(C#N)c45)c4ccn(c34)CC[C@H]2C1. The summed E-state index contributed by atoms with van der Waals surface area (Å²) in [5.74, 6) is -1.65. The van der Waals surface area contributed by atoms with Crippen LogP contribution in [0.2, 0.25) is 0 Å². The van der Waals surface area contributed by atoms with E-state index < -0.39 is 11.6 Å². The summed E-state index contributed by atoms with van der Waals surface area (Å²) in [4.78, 5) is 29.3. The number of hydrogen-bond donors (Lipinski definition) is 1. The second-order valence-electron chi connectivity index (χ2n) is 9.23. The van der Waals surface area contributed by atoms with E-state index in [1.165, 1.54) is 24.3 Å². The molecular formula is C27H21F2N5O2S. The molecule has 1 atom stereocenters. The molecule has 0 bridgehead atoms. The van der Waals surface area contributed by atoms with E-state index in [0.717, 1.165) is 11.3 Å². The maximum atomic E-state index is 16.0. The lowest BCUT2D eigenvalue weighted by molar-refractivity contribution is -0.128. The zero-order valence-electron chi connectivity index (χ0n) is 19.6. The number of rotatable bonds is 2. The van der Waals surface area contributed by atoms with Crippen molar-refractivity contribution in [3.8, 4) is 17.2 Å². The minimum atomic E-state index is -0.646. The summed E-state index contributed by atoms with van der Waals surface area (Å²) in [5, 5.41) is 10.6. The standard InChI is InChI=1S/C27H21F2N5O2S/c1-2-21(35)33-9-10-34-14(13-33)5-7-32-8-6-16-22(20(29)11-17(24(16)32)27(34)36)15-3-4-19(28)25-23(15)18(12-30)26(31)37-25/h2-4,6,8,11,14H,1,5,7,9-10,13,31H2/t14-/m0/s1. The van der Waals surface area contributed by atoms with Crippen molar-refractivity contribution >= 4 is 49.1 Å². The van der Waals surface area contributed by atoms with Crippen molar-refractivity contribution in [2.75, 3.05) is 25.4 Å². The minimum Gasteiger partial charge on any atom is -0.389 e. The van der Waals surface area contributed by atoms with Crippen LogP contribution in [0.5, 0.6) is 0 Å². The van der Waals surface area contributed by atoms with Gasteiger partial charge in [-0.15, -0.1) is 11.3 Å². The van der Waals surface area contributed by atoms with Gasteiger partial charge in [0.25, 0.3) is 5.91 Å². The lowest BCUT2D eigenvalue weighted by Gasteiger charge is -2.42. The van der Waals surface area contributed by atoms with Crippen molar-refractivity contribution in [1.29, 1.82) is 5.26 Å². The van der Waals surface area contributed by atoms with Gasteiger partial charge in [-0.05, 0) is 36.3 Å². The molecule has 2 aliphatic heterocycles. The Hall–Kier alpha value is -4.23. The van der Waals surface area contributed by atoms with E-state index in [0.29, 0.717) is 49.1 Å². The van der Waals surface area contributed by atoms with Crippen LogP contribution in [-0.4, -0.2) is 51.9 Å². The highest BCUT2D eigenvalue weighted by Gasteiger charge is 2.36. The van der Waals surface area contributed by atoms with Crippen molar-refractivity contribution in [2.45, 2.75) is 19.0 Å². The van der Waals surface area contributed by atoms with Crippen LogP contribution in [0.1, 0.15) is 22.3 Å². The summed E-state index contributed by atoms with van der Waals surface area (Å²) in [6.07, 6.45) is 3.69. The largest absolute Gasteiger partial charge is 0.389 e. The van der Waals surface area contributed by atoms with Crippen LogP contribution in [0.25, 0.3) is 32.1 Å². The number of aryl methyl sites for hydroxylation is 1. The Morgan fingerprint density at radius 3 is 2.76 bits per heavy atom. The molecule has 10 heteroatoms. The number of nitrogens with two attached hydrogens (primary N) is 1. The topological polar surface area (TPSA) is 95.4 Å². The first-order chi connectivity index (χ1) is 17.8. The first kappa shape index (κ1) is 23.2. The third-order valence-electron chi connectivity index (χ3n) is 7.36. The number of carbonyl (C=O) groups is 2. The predicted molar refractivity (Wildman–Crippen MR) is 138 cm³/mol. The summed E-state index contributed by atoms with van der Waals surface area (Å²) >= 11 is 0.954. The molecule has 2 aliphatic rings. The van der Waals surface area contributed by atoms with Gasteiger partial charge in [0.05, 0.1) is 27.4 Å². The van der Waals surface area contributed by atoms with E-state index in [4.69, 9.17) is 5.73 Å². The Morgan fingerprint density at radius 1 is 1.19 bits per heavy atom. The molecule has 0 saturated carbocycles. The molecule has 2 aromatic carbocycles. The van der Waals surface area contributed by atoms with Gasteiger partial charge in [0, 0.05) is 48.7 Å². The third-order valence-corrected chi connectivity index (χ3v) is 8.39. The third kappa shape index (κ3) is 3.34. The van der Waals surface area contributed by atoms with Crippen LogP contribution in [0, 0.1) is 23.0 Å². The van der Waals surface area contributed by atoms with E-state index in [1.54, 1.807) is 15.9 Å². The summed E-state index contributed by atoms with van der Waals surface area (Å²) in [6.45, 7) is 5.22. The number of halogens is 2. The van der Waals surface area contributed by atoms with Gasteiger partial charge in [-0.25, -0.2) is 8.78 Å². The van der Waals surface area contributed by atoms with E-state index in [-0.39, 0.29) is 49.6 Å². The van der Waals surface area contributed by atoms with Gasteiger partial charge < -0.3 is 20.1 Å². The highest BCUT2D eigenvalue weighted by Crippen LogP contribution is 2.44. The fourth-order valence-corrected chi connectivity index (χ4v) is 6.59. The average molecular weight is 518 g/mol. The Kier molecular flexibility index (Phi) is 5.28. The van der Waals surface area contributed by atoms with E-state index in [1.807, 2.05) is 16.8 Å². The fourth-order valence-electron chi connectivity index (χ4n) is 5.64. The average Bonchev–Trinajstić information content (AvgIpc) is 3.47. The molecule has 1 saturated heterocycles. The zero-order chi connectivity index (χ0) is 26.0. The number of hydrogen-bond acceptors (Lipinski definition) is 5. The molecule has 0 radical (unpaired) electrons. The quantitative estimate of drug-likeness (QED) is 0.396. The van der Waals surface area contributed by atoms with E-state index in [2.05, 4.69) is 6.58 Å². The number of fused-ring (bicyclic) bond motifs is 2. The number of aromatic nitrogens is 1. The Balaban J connectivity index is 1.54. The molecule has 2 aromatic heterocycles. The van der Waals surface area contributed by atoms with Crippen molar-refractivity contribution in [1.82, 2.24) is 14.4 Å². The maximum absolute atomic E-state index is 16.0. The number of benzene rings is 2. The monoisotopic (exact) mass is 517 g/mol.